The summed E-state index contributed by atoms with van der Waals surface area (Å²) in [5, 5.41) is 0. The van der Waals surface area contributed by atoms with Gasteiger partial charge in [0.2, 0.25) is 5.78 Å². The van der Waals surface area contributed by atoms with Crippen molar-refractivity contribution in [1.82, 2.24) is 0 Å². The topological polar surface area (TPSA) is 48.7 Å². The summed E-state index contributed by atoms with van der Waals surface area (Å²) in [6.07, 6.45) is 0. The third-order valence-electron chi connectivity index (χ3n) is 3.22. The molecule has 1 aliphatic heterocycles. The molecule has 0 spiro atoms. The molecule has 0 saturated carbocycles. The van der Waals surface area contributed by atoms with E-state index < -0.39 is 0 Å². The van der Waals surface area contributed by atoms with Crippen LogP contribution < -0.4 is 9.47 Å². The Labute approximate surface area is 117 Å². The molecule has 1 unspecified atom stereocenters. The largest absolute Gasteiger partial charge is 0.489 e. The van der Waals surface area contributed by atoms with Crippen molar-refractivity contribution in [3.8, 4) is 11.5 Å². The number of hydrogen-bond donors (Lipinski definition) is 0. The van der Waals surface area contributed by atoms with E-state index in [-0.39, 0.29) is 5.78 Å². The molecule has 1 aromatic carbocycles. The number of ketones is 1. The molecule has 0 saturated heterocycles. The van der Waals surface area contributed by atoms with Gasteiger partial charge in [-0.2, -0.15) is 0 Å². The van der Waals surface area contributed by atoms with Crippen molar-refractivity contribution in [2.45, 2.75) is 13.8 Å². The first-order chi connectivity index (χ1) is 9.63. The van der Waals surface area contributed by atoms with Crippen LogP contribution in [0.3, 0.4) is 0 Å². The van der Waals surface area contributed by atoms with Gasteiger partial charge in [0.1, 0.15) is 5.76 Å². The third-order valence-corrected chi connectivity index (χ3v) is 3.22. The van der Waals surface area contributed by atoms with E-state index in [1.54, 1.807) is 30.3 Å². The lowest BCUT2D eigenvalue weighted by Crippen LogP contribution is -2.12. The summed E-state index contributed by atoms with van der Waals surface area (Å²) in [6, 6.07) is 8.68. The molecule has 0 radical (unpaired) electrons. The predicted octanol–water partition coefficient (Wildman–Crippen LogP) is 3.23. The molecule has 0 amide bonds. The highest BCUT2D eigenvalue weighted by molar-refractivity contribution is 6.07. The summed E-state index contributed by atoms with van der Waals surface area (Å²) in [5.41, 5.74) is 0.538. The van der Waals surface area contributed by atoms with Gasteiger partial charge in [-0.1, -0.05) is 6.92 Å². The van der Waals surface area contributed by atoms with Crippen molar-refractivity contribution in [2.24, 2.45) is 5.92 Å². The molecule has 4 heteroatoms. The number of ether oxygens (including phenoxy) is 2. The Morgan fingerprint density at radius 2 is 1.85 bits per heavy atom. The Hall–Kier alpha value is -2.23. The fourth-order valence-electron chi connectivity index (χ4n) is 2.09. The van der Waals surface area contributed by atoms with E-state index >= 15 is 0 Å². The van der Waals surface area contributed by atoms with Crippen LogP contribution in [0.5, 0.6) is 11.5 Å². The van der Waals surface area contributed by atoms with Gasteiger partial charge in [0, 0.05) is 11.5 Å². The lowest BCUT2D eigenvalue weighted by Gasteiger charge is -2.08. The van der Waals surface area contributed by atoms with Crippen molar-refractivity contribution in [3.63, 3.8) is 0 Å². The first kappa shape index (κ1) is 12.8. The Morgan fingerprint density at radius 1 is 1.10 bits per heavy atom. The Kier molecular flexibility index (Phi) is 3.22. The summed E-state index contributed by atoms with van der Waals surface area (Å²) in [6.45, 7) is 5.08. The van der Waals surface area contributed by atoms with E-state index in [0.717, 1.165) is 5.76 Å². The van der Waals surface area contributed by atoms with E-state index in [1.807, 2.05) is 6.92 Å². The van der Waals surface area contributed by atoms with Crippen molar-refractivity contribution in [2.75, 3.05) is 13.2 Å². The quantitative estimate of drug-likeness (QED) is 0.787. The second-order valence-electron chi connectivity index (χ2n) is 5.13. The molecule has 2 aromatic rings. The molecular formula is C16H16O4. The zero-order valence-corrected chi connectivity index (χ0v) is 11.5. The Bertz CT molecular complexity index is 642. The summed E-state index contributed by atoms with van der Waals surface area (Å²) in [5.74, 6) is 2.53. The van der Waals surface area contributed by atoms with Crippen LogP contribution >= 0.6 is 0 Å². The maximum absolute atomic E-state index is 12.3. The molecule has 4 nitrogen and oxygen atoms in total. The highest BCUT2D eigenvalue weighted by Crippen LogP contribution is 2.32. The van der Waals surface area contributed by atoms with Crippen LogP contribution in [0.4, 0.5) is 0 Å². The molecule has 0 fully saturated rings. The molecule has 20 heavy (non-hydrogen) atoms. The first-order valence-electron chi connectivity index (χ1n) is 6.64. The van der Waals surface area contributed by atoms with E-state index in [4.69, 9.17) is 13.9 Å². The minimum absolute atomic E-state index is 0.151. The number of carbonyl (C=O) groups excluding carboxylic acids is 1. The van der Waals surface area contributed by atoms with Crippen LogP contribution in [-0.2, 0) is 0 Å². The van der Waals surface area contributed by atoms with Gasteiger partial charge in [-0.3, -0.25) is 4.79 Å². The number of fused-ring (bicyclic) bond motifs is 1. The minimum Gasteiger partial charge on any atom is -0.489 e. The molecule has 3 rings (SSSR count). The van der Waals surface area contributed by atoms with E-state index in [2.05, 4.69) is 6.92 Å². The van der Waals surface area contributed by atoms with Gasteiger partial charge >= 0.3 is 0 Å². The highest BCUT2D eigenvalue weighted by atomic mass is 16.5. The van der Waals surface area contributed by atoms with Gasteiger partial charge in [-0.25, -0.2) is 0 Å². The lowest BCUT2D eigenvalue weighted by molar-refractivity contribution is 0.101. The molecule has 1 aromatic heterocycles. The fraction of sp³-hybridized carbons (Fsp3) is 0.312. The summed E-state index contributed by atoms with van der Waals surface area (Å²) < 4.78 is 16.7. The van der Waals surface area contributed by atoms with E-state index in [0.29, 0.717) is 42.0 Å². The van der Waals surface area contributed by atoms with Crippen molar-refractivity contribution < 1.29 is 18.7 Å². The van der Waals surface area contributed by atoms with E-state index in [1.165, 1.54) is 0 Å². The third kappa shape index (κ3) is 2.41. The molecule has 1 atom stereocenters. The summed E-state index contributed by atoms with van der Waals surface area (Å²) in [4.78, 5) is 12.3. The van der Waals surface area contributed by atoms with Crippen LogP contribution in [0, 0.1) is 12.8 Å². The second-order valence-corrected chi connectivity index (χ2v) is 5.13. The highest BCUT2D eigenvalue weighted by Gasteiger charge is 2.19. The Morgan fingerprint density at radius 3 is 2.55 bits per heavy atom. The summed E-state index contributed by atoms with van der Waals surface area (Å²) in [7, 11) is 0. The number of benzene rings is 1. The van der Waals surface area contributed by atoms with Gasteiger partial charge in [-0.15, -0.1) is 0 Å². The van der Waals surface area contributed by atoms with Crippen LogP contribution in [-0.4, -0.2) is 19.0 Å². The molecule has 2 heterocycles. The predicted molar refractivity (Wildman–Crippen MR) is 73.5 cm³/mol. The van der Waals surface area contributed by atoms with Gasteiger partial charge in [0.25, 0.3) is 0 Å². The Balaban J connectivity index is 1.90. The standard InChI is InChI=1S/C16H16O4/c1-10-8-18-13-6-4-12(7-15(13)19-9-10)16(17)14-5-3-11(2)20-14/h3-7,10H,8-9H2,1-2H3. The number of carbonyl (C=O) groups is 1. The summed E-state index contributed by atoms with van der Waals surface area (Å²) >= 11 is 0. The van der Waals surface area contributed by atoms with Crippen LogP contribution in [0.15, 0.2) is 34.7 Å². The smallest absolute Gasteiger partial charge is 0.228 e. The van der Waals surface area contributed by atoms with Crippen molar-refractivity contribution >= 4 is 5.78 Å². The minimum atomic E-state index is -0.151. The first-order valence-corrected chi connectivity index (χ1v) is 6.64. The number of aryl methyl sites for hydroxylation is 1. The maximum Gasteiger partial charge on any atom is 0.228 e. The molecule has 104 valence electrons. The number of rotatable bonds is 2. The van der Waals surface area contributed by atoms with Crippen molar-refractivity contribution in [3.05, 3.63) is 47.4 Å². The average Bonchev–Trinajstić information content (AvgIpc) is 2.80. The van der Waals surface area contributed by atoms with Gasteiger partial charge < -0.3 is 13.9 Å². The number of hydrogen-bond acceptors (Lipinski definition) is 4. The SMILES string of the molecule is Cc1ccc(C(=O)c2ccc3c(c2)OCC(C)CO3)o1. The molecule has 1 aliphatic rings. The number of furan rings is 1. The molecular weight excluding hydrogens is 256 g/mol. The van der Waals surface area contributed by atoms with Crippen molar-refractivity contribution in [1.29, 1.82) is 0 Å². The zero-order valence-electron chi connectivity index (χ0n) is 11.5. The fourth-order valence-corrected chi connectivity index (χ4v) is 2.09. The van der Waals surface area contributed by atoms with Gasteiger partial charge in [-0.05, 0) is 37.3 Å². The molecule has 0 bridgehead atoms. The maximum atomic E-state index is 12.3. The lowest BCUT2D eigenvalue weighted by atomic mass is 10.1. The van der Waals surface area contributed by atoms with Crippen LogP contribution in [0.25, 0.3) is 0 Å². The normalized spacial score (nSPS) is 17.6. The average molecular weight is 272 g/mol. The second kappa shape index (κ2) is 5.04. The van der Waals surface area contributed by atoms with Crippen LogP contribution in [0.2, 0.25) is 0 Å². The van der Waals surface area contributed by atoms with Gasteiger partial charge in [0.15, 0.2) is 17.3 Å². The molecule has 0 aliphatic carbocycles. The molecule has 0 N–H and O–H groups in total. The van der Waals surface area contributed by atoms with E-state index in [9.17, 15) is 4.79 Å². The monoisotopic (exact) mass is 272 g/mol. The van der Waals surface area contributed by atoms with Crippen LogP contribution in [0.1, 0.15) is 28.8 Å². The van der Waals surface area contributed by atoms with Gasteiger partial charge in [0.05, 0.1) is 13.2 Å². The zero-order chi connectivity index (χ0) is 14.1.